The standard InChI is InChI=1S/C18H22BrNO4/c1-18(2,3)24-17(22)15(7-13-6-14(19)9-20-8-13)16(21)11-23-10-12-4-5-12/h6-9,12H,4-5,10-11H2,1-3H3. The van der Waals surface area contributed by atoms with Crippen molar-refractivity contribution in [1.82, 2.24) is 4.98 Å². The normalized spacial score (nSPS) is 15.2. The molecular weight excluding hydrogens is 374 g/mol. The number of carbonyl (C=O) groups is 2. The molecule has 130 valence electrons. The topological polar surface area (TPSA) is 65.5 Å². The quantitative estimate of drug-likeness (QED) is 0.305. The second-order valence-corrected chi connectivity index (χ2v) is 7.79. The molecule has 0 atom stereocenters. The number of carbonyl (C=O) groups excluding carboxylic acids is 2. The maximum atomic E-state index is 12.4. The summed E-state index contributed by atoms with van der Waals surface area (Å²) in [6.45, 7) is 5.72. The Kier molecular flexibility index (Phi) is 6.29. The molecule has 0 saturated heterocycles. The molecule has 0 aliphatic heterocycles. The predicted molar refractivity (Wildman–Crippen MR) is 94.3 cm³/mol. The summed E-state index contributed by atoms with van der Waals surface area (Å²) in [7, 11) is 0. The van der Waals surface area contributed by atoms with E-state index in [1.54, 1.807) is 39.2 Å². The Morgan fingerprint density at radius 3 is 2.62 bits per heavy atom. The maximum Gasteiger partial charge on any atom is 0.342 e. The summed E-state index contributed by atoms with van der Waals surface area (Å²) in [5, 5.41) is 0. The molecule has 1 heterocycles. The Labute approximate surface area is 150 Å². The summed E-state index contributed by atoms with van der Waals surface area (Å²) < 4.78 is 11.5. The van der Waals surface area contributed by atoms with Crippen molar-refractivity contribution in [2.75, 3.05) is 13.2 Å². The van der Waals surface area contributed by atoms with Gasteiger partial charge < -0.3 is 9.47 Å². The van der Waals surface area contributed by atoms with E-state index >= 15 is 0 Å². The fourth-order valence-corrected chi connectivity index (χ4v) is 2.32. The van der Waals surface area contributed by atoms with Crippen LogP contribution in [0.4, 0.5) is 0 Å². The van der Waals surface area contributed by atoms with Gasteiger partial charge in [0.05, 0.1) is 6.61 Å². The summed E-state index contributed by atoms with van der Waals surface area (Å²) in [6, 6.07) is 1.77. The minimum Gasteiger partial charge on any atom is -0.456 e. The number of aromatic nitrogens is 1. The lowest BCUT2D eigenvalue weighted by atomic mass is 10.1. The number of nitrogens with zero attached hydrogens (tertiary/aromatic N) is 1. The van der Waals surface area contributed by atoms with E-state index in [0.29, 0.717) is 18.1 Å². The minimum absolute atomic E-state index is 0.0272. The van der Waals surface area contributed by atoms with Gasteiger partial charge >= 0.3 is 5.97 Å². The molecular formula is C18H22BrNO4. The van der Waals surface area contributed by atoms with Crippen LogP contribution in [-0.2, 0) is 19.1 Å². The molecule has 0 N–H and O–H groups in total. The number of halogens is 1. The number of hydrogen-bond donors (Lipinski definition) is 0. The zero-order chi connectivity index (χ0) is 17.7. The maximum absolute atomic E-state index is 12.4. The SMILES string of the molecule is CC(C)(C)OC(=O)C(=Cc1cncc(Br)c1)C(=O)COCC1CC1. The zero-order valence-electron chi connectivity index (χ0n) is 14.2. The van der Waals surface area contributed by atoms with Crippen molar-refractivity contribution in [1.29, 1.82) is 0 Å². The molecule has 1 aliphatic rings. The number of ketones is 1. The average molecular weight is 396 g/mol. The van der Waals surface area contributed by atoms with Gasteiger partial charge in [-0.25, -0.2) is 4.79 Å². The highest BCUT2D eigenvalue weighted by Gasteiger charge is 2.26. The number of rotatable bonds is 7. The van der Waals surface area contributed by atoms with Gasteiger partial charge in [0, 0.05) is 16.9 Å². The number of esters is 1. The van der Waals surface area contributed by atoms with Crippen LogP contribution in [0.25, 0.3) is 6.08 Å². The first-order chi connectivity index (χ1) is 11.2. The van der Waals surface area contributed by atoms with Crippen molar-refractivity contribution in [3.63, 3.8) is 0 Å². The fraction of sp³-hybridized carbons (Fsp3) is 0.500. The third-order valence-electron chi connectivity index (χ3n) is 3.24. The molecule has 5 nitrogen and oxygen atoms in total. The van der Waals surface area contributed by atoms with Crippen LogP contribution in [0.2, 0.25) is 0 Å². The van der Waals surface area contributed by atoms with E-state index in [1.165, 1.54) is 6.08 Å². The molecule has 6 heteroatoms. The van der Waals surface area contributed by atoms with Crippen LogP contribution >= 0.6 is 15.9 Å². The van der Waals surface area contributed by atoms with Gasteiger partial charge in [0.15, 0.2) is 5.78 Å². The largest absolute Gasteiger partial charge is 0.456 e. The second kappa shape index (κ2) is 8.03. The van der Waals surface area contributed by atoms with Crippen LogP contribution in [0.3, 0.4) is 0 Å². The molecule has 0 unspecified atom stereocenters. The number of pyridine rings is 1. The Hall–Kier alpha value is -1.53. The highest BCUT2D eigenvalue weighted by Crippen LogP contribution is 2.28. The van der Waals surface area contributed by atoms with Crippen molar-refractivity contribution in [2.45, 2.75) is 39.2 Å². The van der Waals surface area contributed by atoms with E-state index in [9.17, 15) is 9.59 Å². The predicted octanol–water partition coefficient (Wildman–Crippen LogP) is 3.56. The lowest BCUT2D eigenvalue weighted by molar-refractivity contribution is -0.151. The van der Waals surface area contributed by atoms with Gasteiger partial charge in [0.25, 0.3) is 0 Å². The number of ether oxygens (including phenoxy) is 2. The Morgan fingerprint density at radius 2 is 2.04 bits per heavy atom. The summed E-state index contributed by atoms with van der Waals surface area (Å²) in [5.74, 6) is -0.478. The van der Waals surface area contributed by atoms with E-state index < -0.39 is 11.6 Å². The van der Waals surface area contributed by atoms with Crippen molar-refractivity contribution >= 4 is 33.8 Å². The molecule has 0 radical (unpaired) electrons. The molecule has 24 heavy (non-hydrogen) atoms. The van der Waals surface area contributed by atoms with E-state index in [1.807, 2.05) is 0 Å². The Morgan fingerprint density at radius 1 is 1.33 bits per heavy atom. The molecule has 0 bridgehead atoms. The van der Waals surface area contributed by atoms with Gasteiger partial charge in [-0.1, -0.05) is 0 Å². The summed E-state index contributed by atoms with van der Waals surface area (Å²) in [5.41, 5.74) is -0.0673. The monoisotopic (exact) mass is 395 g/mol. The van der Waals surface area contributed by atoms with Crippen LogP contribution < -0.4 is 0 Å². The van der Waals surface area contributed by atoms with Crippen LogP contribution in [0.15, 0.2) is 28.5 Å². The first-order valence-corrected chi connectivity index (χ1v) is 8.70. The lowest BCUT2D eigenvalue weighted by Crippen LogP contribution is -2.28. The van der Waals surface area contributed by atoms with Crippen molar-refractivity contribution in [2.24, 2.45) is 5.92 Å². The van der Waals surface area contributed by atoms with Gasteiger partial charge in [0.1, 0.15) is 17.8 Å². The lowest BCUT2D eigenvalue weighted by Gasteiger charge is -2.20. The van der Waals surface area contributed by atoms with Gasteiger partial charge in [-0.15, -0.1) is 0 Å². The van der Waals surface area contributed by atoms with Gasteiger partial charge in [-0.05, 0) is 73.2 Å². The minimum atomic E-state index is -0.680. The number of hydrogen-bond acceptors (Lipinski definition) is 5. The molecule has 1 aliphatic carbocycles. The molecule has 1 aromatic rings. The van der Waals surface area contributed by atoms with E-state index in [2.05, 4.69) is 20.9 Å². The van der Waals surface area contributed by atoms with Crippen molar-refractivity contribution < 1.29 is 19.1 Å². The Balaban J connectivity index is 2.15. The third kappa shape index (κ3) is 6.53. The van der Waals surface area contributed by atoms with Gasteiger partial charge in [-0.3, -0.25) is 9.78 Å². The first kappa shape index (κ1) is 18.8. The van der Waals surface area contributed by atoms with Crippen LogP contribution in [0.5, 0.6) is 0 Å². The number of Topliss-reactive ketones (excluding diaryl/α,β-unsaturated/α-hetero) is 1. The summed E-state index contributed by atoms with van der Waals surface area (Å²) >= 11 is 3.32. The molecule has 1 fully saturated rings. The summed E-state index contributed by atoms with van der Waals surface area (Å²) in [6.07, 6.45) is 6.99. The van der Waals surface area contributed by atoms with Crippen molar-refractivity contribution in [3.8, 4) is 0 Å². The van der Waals surface area contributed by atoms with Gasteiger partial charge in [0.2, 0.25) is 0 Å². The second-order valence-electron chi connectivity index (χ2n) is 6.88. The molecule has 0 amide bonds. The molecule has 2 rings (SSSR count). The highest BCUT2D eigenvalue weighted by atomic mass is 79.9. The van der Waals surface area contributed by atoms with Crippen LogP contribution in [0, 0.1) is 5.92 Å². The molecule has 1 aromatic heterocycles. The van der Waals surface area contributed by atoms with E-state index in [0.717, 1.165) is 17.3 Å². The summed E-state index contributed by atoms with van der Waals surface area (Å²) in [4.78, 5) is 28.9. The third-order valence-corrected chi connectivity index (χ3v) is 3.67. The van der Waals surface area contributed by atoms with Crippen LogP contribution in [-0.4, -0.2) is 35.6 Å². The van der Waals surface area contributed by atoms with Crippen LogP contribution in [0.1, 0.15) is 39.2 Å². The zero-order valence-corrected chi connectivity index (χ0v) is 15.8. The van der Waals surface area contributed by atoms with E-state index in [-0.39, 0.29) is 18.0 Å². The smallest absolute Gasteiger partial charge is 0.342 e. The average Bonchev–Trinajstić information content (AvgIpc) is 3.27. The van der Waals surface area contributed by atoms with Crippen molar-refractivity contribution in [3.05, 3.63) is 34.1 Å². The molecule has 0 aromatic carbocycles. The fourth-order valence-electron chi connectivity index (χ4n) is 1.94. The van der Waals surface area contributed by atoms with Gasteiger partial charge in [-0.2, -0.15) is 0 Å². The van der Waals surface area contributed by atoms with E-state index in [4.69, 9.17) is 9.47 Å². The Bertz CT molecular complexity index is 645. The molecule has 1 saturated carbocycles. The first-order valence-electron chi connectivity index (χ1n) is 7.91. The highest BCUT2D eigenvalue weighted by molar-refractivity contribution is 9.10. The molecule has 0 spiro atoms.